The van der Waals surface area contributed by atoms with Gasteiger partial charge in [-0.05, 0) is 48.5 Å². The molecule has 0 spiro atoms. The smallest absolute Gasteiger partial charge is 0.416 e. The van der Waals surface area contributed by atoms with Crippen molar-refractivity contribution in [1.82, 2.24) is 0 Å². The number of aldehydes is 1. The highest BCUT2D eigenvalue weighted by Crippen LogP contribution is 2.30. The van der Waals surface area contributed by atoms with Gasteiger partial charge in [0.05, 0.1) is 11.1 Å². The molecule has 3 aromatic carbocycles. The number of hydrogen-bond donors (Lipinski definition) is 2. The van der Waals surface area contributed by atoms with Crippen molar-refractivity contribution >= 4 is 29.5 Å². The van der Waals surface area contributed by atoms with Crippen molar-refractivity contribution in [2.24, 2.45) is 0 Å². The Labute approximate surface area is 181 Å². The molecule has 164 valence electrons. The summed E-state index contributed by atoms with van der Waals surface area (Å²) in [6.45, 7) is -0.370. The largest absolute Gasteiger partial charge is 0.483 e. The molecule has 6 nitrogen and oxygen atoms in total. The van der Waals surface area contributed by atoms with Gasteiger partial charge in [-0.15, -0.1) is 0 Å². The van der Waals surface area contributed by atoms with Gasteiger partial charge >= 0.3 is 6.18 Å². The van der Waals surface area contributed by atoms with Gasteiger partial charge in [0.1, 0.15) is 5.75 Å². The topological polar surface area (TPSA) is 84.5 Å². The van der Waals surface area contributed by atoms with Gasteiger partial charge in [0.15, 0.2) is 12.9 Å². The number of amides is 2. The summed E-state index contributed by atoms with van der Waals surface area (Å²) in [5.74, 6) is -0.912. The van der Waals surface area contributed by atoms with Crippen LogP contribution < -0.4 is 15.4 Å². The molecule has 0 bridgehead atoms. The lowest BCUT2D eigenvalue weighted by atomic mass is 10.1. The van der Waals surface area contributed by atoms with Gasteiger partial charge < -0.3 is 15.4 Å². The second kappa shape index (κ2) is 9.78. The van der Waals surface area contributed by atoms with Gasteiger partial charge in [0, 0.05) is 16.9 Å². The number of nitrogens with one attached hydrogen (secondary N) is 2. The van der Waals surface area contributed by atoms with E-state index in [2.05, 4.69) is 10.6 Å². The molecule has 3 aromatic rings. The maximum Gasteiger partial charge on any atom is 0.416 e. The number of benzene rings is 3. The first kappa shape index (κ1) is 22.5. The highest BCUT2D eigenvalue weighted by Gasteiger charge is 2.30. The second-order valence-corrected chi connectivity index (χ2v) is 6.61. The average molecular weight is 442 g/mol. The van der Waals surface area contributed by atoms with Crippen LogP contribution in [0.1, 0.15) is 26.3 Å². The summed E-state index contributed by atoms with van der Waals surface area (Å²) in [7, 11) is 0. The lowest BCUT2D eigenvalue weighted by Gasteiger charge is -2.11. The normalized spacial score (nSPS) is 10.8. The standard InChI is InChI=1S/C23H17F3N2O4/c24-23(25,26)17-7-4-9-19(12-17)28-22(31)15-6-3-8-18(11-15)27-21(30)14-32-20-10-2-1-5-16(20)13-29/h1-13H,14H2,(H,27,30)(H,28,31). The van der Waals surface area contributed by atoms with Crippen LogP contribution in [-0.2, 0) is 11.0 Å². The molecule has 0 aromatic heterocycles. The summed E-state index contributed by atoms with van der Waals surface area (Å²) in [6, 6.07) is 16.6. The third-order valence-corrected chi connectivity index (χ3v) is 4.26. The number of para-hydroxylation sites is 1. The minimum Gasteiger partial charge on any atom is -0.483 e. The van der Waals surface area contributed by atoms with E-state index in [9.17, 15) is 27.6 Å². The minimum atomic E-state index is -4.53. The van der Waals surface area contributed by atoms with Crippen LogP contribution >= 0.6 is 0 Å². The van der Waals surface area contributed by atoms with Gasteiger partial charge in [-0.2, -0.15) is 13.2 Å². The number of anilines is 2. The Morgan fingerprint density at radius 1 is 0.875 bits per heavy atom. The fraction of sp³-hybridized carbons (Fsp3) is 0.0870. The molecule has 0 heterocycles. The van der Waals surface area contributed by atoms with Gasteiger partial charge in [-0.1, -0.05) is 24.3 Å². The van der Waals surface area contributed by atoms with Crippen LogP contribution in [0.3, 0.4) is 0 Å². The van der Waals surface area contributed by atoms with Crippen LogP contribution in [0.25, 0.3) is 0 Å². The van der Waals surface area contributed by atoms with E-state index in [1.807, 2.05) is 0 Å². The van der Waals surface area contributed by atoms with E-state index in [0.29, 0.717) is 17.5 Å². The zero-order chi connectivity index (χ0) is 23.1. The lowest BCUT2D eigenvalue weighted by molar-refractivity contribution is -0.137. The number of hydrogen-bond acceptors (Lipinski definition) is 4. The Balaban J connectivity index is 1.63. The van der Waals surface area contributed by atoms with E-state index in [-0.39, 0.29) is 23.6 Å². The average Bonchev–Trinajstić information content (AvgIpc) is 2.77. The van der Waals surface area contributed by atoms with Crippen molar-refractivity contribution < 1.29 is 32.3 Å². The summed E-state index contributed by atoms with van der Waals surface area (Å²) in [5.41, 5.74) is -0.172. The predicted molar refractivity (Wildman–Crippen MR) is 112 cm³/mol. The van der Waals surface area contributed by atoms with Crippen molar-refractivity contribution in [3.63, 3.8) is 0 Å². The van der Waals surface area contributed by atoms with Crippen molar-refractivity contribution in [3.8, 4) is 5.75 Å². The molecule has 0 atom stereocenters. The first-order valence-corrected chi connectivity index (χ1v) is 9.32. The van der Waals surface area contributed by atoms with Crippen LogP contribution in [0, 0.1) is 0 Å². The molecular formula is C23H17F3N2O4. The summed E-state index contributed by atoms with van der Waals surface area (Å²) < 4.78 is 43.9. The molecule has 0 unspecified atom stereocenters. The molecule has 2 N–H and O–H groups in total. The summed E-state index contributed by atoms with van der Waals surface area (Å²) >= 11 is 0. The molecule has 0 saturated carbocycles. The van der Waals surface area contributed by atoms with E-state index in [0.717, 1.165) is 12.1 Å². The number of carbonyl (C=O) groups excluding carboxylic acids is 3. The van der Waals surface area contributed by atoms with Crippen molar-refractivity contribution in [2.45, 2.75) is 6.18 Å². The van der Waals surface area contributed by atoms with E-state index in [1.54, 1.807) is 30.3 Å². The third-order valence-electron chi connectivity index (χ3n) is 4.26. The van der Waals surface area contributed by atoms with Crippen LogP contribution in [0.5, 0.6) is 5.75 Å². The van der Waals surface area contributed by atoms with E-state index in [4.69, 9.17) is 4.74 Å². The zero-order valence-corrected chi connectivity index (χ0v) is 16.5. The molecule has 0 aliphatic rings. The predicted octanol–water partition coefficient (Wildman–Crippen LogP) is 4.79. The number of ether oxygens (including phenoxy) is 1. The van der Waals surface area contributed by atoms with Crippen LogP contribution in [-0.4, -0.2) is 24.7 Å². The minimum absolute atomic E-state index is 0.0125. The van der Waals surface area contributed by atoms with E-state index in [1.165, 1.54) is 30.3 Å². The molecule has 0 radical (unpaired) electrons. The lowest BCUT2D eigenvalue weighted by Crippen LogP contribution is -2.21. The molecule has 9 heteroatoms. The molecule has 0 aliphatic heterocycles. The number of rotatable bonds is 7. The molecule has 3 rings (SSSR count). The Bertz CT molecular complexity index is 1150. The maximum absolute atomic E-state index is 12.8. The number of carbonyl (C=O) groups is 3. The highest BCUT2D eigenvalue weighted by molar-refractivity contribution is 6.05. The fourth-order valence-electron chi connectivity index (χ4n) is 2.76. The van der Waals surface area contributed by atoms with Crippen molar-refractivity contribution in [2.75, 3.05) is 17.2 Å². The Morgan fingerprint density at radius 2 is 1.56 bits per heavy atom. The molecule has 0 fully saturated rings. The first-order chi connectivity index (χ1) is 15.3. The number of alkyl halides is 3. The Morgan fingerprint density at radius 3 is 2.28 bits per heavy atom. The molecule has 0 aliphatic carbocycles. The molecule has 32 heavy (non-hydrogen) atoms. The molecular weight excluding hydrogens is 425 g/mol. The van der Waals surface area contributed by atoms with E-state index >= 15 is 0 Å². The quantitative estimate of drug-likeness (QED) is 0.516. The van der Waals surface area contributed by atoms with Gasteiger partial charge in [-0.25, -0.2) is 0 Å². The fourth-order valence-corrected chi connectivity index (χ4v) is 2.76. The van der Waals surface area contributed by atoms with Gasteiger partial charge in [0.2, 0.25) is 0 Å². The van der Waals surface area contributed by atoms with E-state index < -0.39 is 23.6 Å². The molecule has 0 saturated heterocycles. The van der Waals surface area contributed by atoms with Crippen LogP contribution in [0.2, 0.25) is 0 Å². The van der Waals surface area contributed by atoms with Crippen LogP contribution in [0.15, 0.2) is 72.8 Å². The van der Waals surface area contributed by atoms with Gasteiger partial charge in [0.25, 0.3) is 11.8 Å². The van der Waals surface area contributed by atoms with Gasteiger partial charge in [-0.3, -0.25) is 14.4 Å². The van der Waals surface area contributed by atoms with Crippen molar-refractivity contribution in [1.29, 1.82) is 0 Å². The monoisotopic (exact) mass is 442 g/mol. The second-order valence-electron chi connectivity index (χ2n) is 6.61. The SMILES string of the molecule is O=Cc1ccccc1OCC(=O)Nc1cccc(C(=O)Nc2cccc(C(F)(F)F)c2)c1. The zero-order valence-electron chi connectivity index (χ0n) is 16.5. The summed E-state index contributed by atoms with van der Waals surface area (Å²) in [4.78, 5) is 35.6. The highest BCUT2D eigenvalue weighted by atomic mass is 19.4. The number of halogens is 3. The summed E-state index contributed by atoms with van der Waals surface area (Å²) in [5, 5.41) is 4.96. The third kappa shape index (κ3) is 5.94. The molecule has 2 amide bonds. The Hall–Kier alpha value is -4.14. The van der Waals surface area contributed by atoms with Crippen LogP contribution in [0.4, 0.5) is 24.5 Å². The maximum atomic E-state index is 12.8. The summed E-state index contributed by atoms with van der Waals surface area (Å²) in [6.07, 6.45) is -3.92. The Kier molecular flexibility index (Phi) is 6.89. The van der Waals surface area contributed by atoms with Crippen molar-refractivity contribution in [3.05, 3.63) is 89.5 Å². The first-order valence-electron chi connectivity index (χ1n) is 9.32.